The molecule has 0 radical (unpaired) electrons. The smallest absolute Gasteiger partial charge is 0.266 e. The molecule has 1 N–H and O–H groups in total. The van der Waals surface area contributed by atoms with Crippen LogP contribution in [-0.4, -0.2) is 63.5 Å². The highest BCUT2D eigenvalue weighted by Crippen LogP contribution is 2.40. The number of piperidine rings is 1. The Labute approximate surface area is 140 Å². The molecule has 1 spiro atoms. The normalized spacial score (nSPS) is 21.0. The van der Waals surface area contributed by atoms with Gasteiger partial charge >= 0.3 is 0 Å². The molecule has 2 saturated heterocycles. The van der Waals surface area contributed by atoms with Crippen molar-refractivity contribution in [2.45, 2.75) is 26.2 Å². The summed E-state index contributed by atoms with van der Waals surface area (Å²) >= 11 is 0. The summed E-state index contributed by atoms with van der Waals surface area (Å²) in [5, 5.41) is 2.70. The number of rotatable bonds is 1. The topological polar surface area (TPSA) is 73.7 Å². The molecule has 2 aliphatic heterocycles. The van der Waals surface area contributed by atoms with E-state index in [0.717, 1.165) is 51.1 Å². The number of carbonyl (C=O) groups excluding carboxylic acids is 1. The SMILES string of the molecule is Cc1c(C(=O)N2CCC3(CCN(C)CC3)C2)cnc2cc(=O)[nH]n12. The minimum absolute atomic E-state index is 0.0206. The lowest BCUT2D eigenvalue weighted by atomic mass is 9.78. The van der Waals surface area contributed by atoms with E-state index in [-0.39, 0.29) is 16.9 Å². The van der Waals surface area contributed by atoms with Crippen molar-refractivity contribution in [2.24, 2.45) is 5.41 Å². The summed E-state index contributed by atoms with van der Waals surface area (Å²) in [4.78, 5) is 33.0. The fraction of sp³-hybridized carbons (Fsp3) is 0.588. The van der Waals surface area contributed by atoms with Gasteiger partial charge in [-0.3, -0.25) is 14.7 Å². The number of fused-ring (bicyclic) bond motifs is 1. The van der Waals surface area contributed by atoms with Crippen LogP contribution in [0.15, 0.2) is 17.1 Å². The van der Waals surface area contributed by atoms with Crippen LogP contribution in [0.2, 0.25) is 0 Å². The van der Waals surface area contributed by atoms with Crippen molar-refractivity contribution >= 4 is 11.6 Å². The third-order valence-corrected chi connectivity index (χ3v) is 5.77. The standard InChI is InChI=1S/C17H23N5O2/c1-12-13(10-18-14-9-15(23)19-22(12)14)16(24)21-8-5-17(11-21)3-6-20(2)7-4-17/h9-10H,3-8,11H2,1-2H3,(H,19,23). The number of carbonyl (C=O) groups is 1. The fourth-order valence-corrected chi connectivity index (χ4v) is 4.07. The number of nitrogens with zero attached hydrogens (tertiary/aromatic N) is 4. The van der Waals surface area contributed by atoms with E-state index in [1.165, 1.54) is 6.07 Å². The Morgan fingerprint density at radius 3 is 2.71 bits per heavy atom. The third kappa shape index (κ3) is 2.43. The lowest BCUT2D eigenvalue weighted by molar-refractivity contribution is 0.0735. The molecule has 0 saturated carbocycles. The van der Waals surface area contributed by atoms with Crippen molar-refractivity contribution in [3.8, 4) is 0 Å². The minimum Gasteiger partial charge on any atom is -0.338 e. The maximum atomic E-state index is 13.0. The Morgan fingerprint density at radius 1 is 1.25 bits per heavy atom. The van der Waals surface area contributed by atoms with Crippen LogP contribution in [-0.2, 0) is 0 Å². The zero-order chi connectivity index (χ0) is 16.9. The molecule has 4 heterocycles. The van der Waals surface area contributed by atoms with Gasteiger partial charge in [0.05, 0.1) is 11.3 Å². The monoisotopic (exact) mass is 329 g/mol. The number of likely N-dealkylation sites (tertiary alicyclic amines) is 2. The second kappa shape index (κ2) is 5.44. The molecule has 24 heavy (non-hydrogen) atoms. The van der Waals surface area contributed by atoms with Crippen molar-refractivity contribution in [1.82, 2.24) is 24.4 Å². The van der Waals surface area contributed by atoms with Gasteiger partial charge in [0.2, 0.25) is 0 Å². The van der Waals surface area contributed by atoms with Crippen LogP contribution in [0.25, 0.3) is 5.65 Å². The molecule has 0 atom stereocenters. The summed E-state index contributed by atoms with van der Waals surface area (Å²) in [7, 11) is 2.16. The van der Waals surface area contributed by atoms with E-state index in [2.05, 4.69) is 22.0 Å². The second-order valence-corrected chi connectivity index (χ2v) is 7.35. The molecule has 2 aromatic rings. The largest absolute Gasteiger partial charge is 0.338 e. The number of aryl methyl sites for hydroxylation is 1. The molecule has 0 aromatic carbocycles. The maximum absolute atomic E-state index is 13.0. The first-order valence-corrected chi connectivity index (χ1v) is 8.53. The third-order valence-electron chi connectivity index (χ3n) is 5.77. The predicted molar refractivity (Wildman–Crippen MR) is 90.2 cm³/mol. The first-order chi connectivity index (χ1) is 11.5. The van der Waals surface area contributed by atoms with E-state index < -0.39 is 0 Å². The maximum Gasteiger partial charge on any atom is 0.266 e. The Kier molecular flexibility index (Phi) is 3.49. The van der Waals surface area contributed by atoms with E-state index in [1.807, 2.05) is 11.8 Å². The summed E-state index contributed by atoms with van der Waals surface area (Å²) in [5.41, 5.74) is 1.93. The second-order valence-electron chi connectivity index (χ2n) is 7.35. The lowest BCUT2D eigenvalue weighted by Gasteiger charge is -2.37. The Morgan fingerprint density at radius 2 is 1.96 bits per heavy atom. The van der Waals surface area contributed by atoms with Crippen molar-refractivity contribution < 1.29 is 4.79 Å². The molecule has 0 unspecified atom stereocenters. The molecule has 7 heteroatoms. The van der Waals surface area contributed by atoms with E-state index in [9.17, 15) is 9.59 Å². The molecule has 0 bridgehead atoms. The quantitative estimate of drug-likeness (QED) is 0.843. The molecule has 7 nitrogen and oxygen atoms in total. The number of H-pyrrole nitrogens is 1. The van der Waals surface area contributed by atoms with Gasteiger partial charge in [0, 0.05) is 25.4 Å². The van der Waals surface area contributed by atoms with Crippen molar-refractivity contribution in [3.63, 3.8) is 0 Å². The first kappa shape index (κ1) is 15.4. The van der Waals surface area contributed by atoms with Gasteiger partial charge in [0.25, 0.3) is 11.5 Å². The number of amides is 1. The summed E-state index contributed by atoms with van der Waals surface area (Å²) in [5.74, 6) is 0.0206. The van der Waals surface area contributed by atoms with Crippen molar-refractivity contribution in [1.29, 1.82) is 0 Å². The van der Waals surface area contributed by atoms with Gasteiger partial charge in [-0.05, 0) is 51.7 Å². The van der Waals surface area contributed by atoms with E-state index in [0.29, 0.717) is 11.2 Å². The molecule has 4 rings (SSSR count). The summed E-state index contributed by atoms with van der Waals surface area (Å²) in [6.45, 7) is 5.71. The van der Waals surface area contributed by atoms with Gasteiger partial charge in [0.1, 0.15) is 0 Å². The van der Waals surface area contributed by atoms with E-state index in [4.69, 9.17) is 0 Å². The van der Waals surface area contributed by atoms with Crippen LogP contribution in [0.5, 0.6) is 0 Å². The number of aromatic amines is 1. The highest BCUT2D eigenvalue weighted by molar-refractivity contribution is 5.95. The van der Waals surface area contributed by atoms with Crippen molar-refractivity contribution in [3.05, 3.63) is 33.9 Å². The summed E-state index contributed by atoms with van der Waals surface area (Å²) in [6, 6.07) is 1.44. The van der Waals surface area contributed by atoms with Crippen LogP contribution >= 0.6 is 0 Å². The predicted octanol–water partition coefficient (Wildman–Crippen LogP) is 0.889. The highest BCUT2D eigenvalue weighted by Gasteiger charge is 2.41. The Bertz CT molecular complexity index is 844. The van der Waals surface area contributed by atoms with Crippen LogP contribution < -0.4 is 5.56 Å². The van der Waals surface area contributed by atoms with Crippen LogP contribution in [0, 0.1) is 12.3 Å². The zero-order valence-electron chi connectivity index (χ0n) is 14.2. The number of hydrogen-bond donors (Lipinski definition) is 1. The average molecular weight is 329 g/mol. The van der Waals surface area contributed by atoms with Gasteiger partial charge < -0.3 is 9.80 Å². The zero-order valence-corrected chi connectivity index (χ0v) is 14.2. The lowest BCUT2D eigenvalue weighted by Crippen LogP contribution is -2.40. The summed E-state index contributed by atoms with van der Waals surface area (Å²) < 4.78 is 1.59. The molecule has 2 aliphatic rings. The fourth-order valence-electron chi connectivity index (χ4n) is 4.07. The number of hydrogen-bond acceptors (Lipinski definition) is 4. The number of aromatic nitrogens is 3. The van der Waals surface area contributed by atoms with E-state index >= 15 is 0 Å². The van der Waals surface area contributed by atoms with Crippen LogP contribution in [0.3, 0.4) is 0 Å². The molecule has 128 valence electrons. The van der Waals surface area contributed by atoms with Gasteiger partial charge in [-0.25, -0.2) is 9.50 Å². The van der Waals surface area contributed by atoms with Crippen LogP contribution in [0.1, 0.15) is 35.3 Å². The van der Waals surface area contributed by atoms with Gasteiger partial charge in [-0.1, -0.05) is 0 Å². The molecule has 0 aliphatic carbocycles. The van der Waals surface area contributed by atoms with Crippen LogP contribution in [0.4, 0.5) is 0 Å². The van der Waals surface area contributed by atoms with Gasteiger partial charge in [-0.15, -0.1) is 0 Å². The Balaban J connectivity index is 1.58. The molecule has 2 fully saturated rings. The Hall–Kier alpha value is -2.15. The molecule has 1 amide bonds. The first-order valence-electron chi connectivity index (χ1n) is 8.53. The molecular weight excluding hydrogens is 306 g/mol. The van der Waals surface area contributed by atoms with Crippen molar-refractivity contribution in [2.75, 3.05) is 33.2 Å². The van der Waals surface area contributed by atoms with Gasteiger partial charge in [-0.2, -0.15) is 0 Å². The minimum atomic E-state index is -0.207. The molecular formula is C17H23N5O2. The van der Waals surface area contributed by atoms with E-state index in [1.54, 1.807) is 10.7 Å². The highest BCUT2D eigenvalue weighted by atomic mass is 16.2. The van der Waals surface area contributed by atoms with Gasteiger partial charge in [0.15, 0.2) is 5.65 Å². The molecule has 2 aromatic heterocycles. The average Bonchev–Trinajstić information content (AvgIpc) is 3.15. The summed E-state index contributed by atoms with van der Waals surface area (Å²) in [6.07, 6.45) is 5.00. The number of nitrogens with one attached hydrogen (secondary N) is 1.